The molecule has 0 saturated carbocycles. The molecule has 22 nitrogen and oxygen atoms in total. The molecule has 0 fully saturated rings. The molecule has 2 N–H and O–H groups in total. The first kappa shape index (κ1) is 45.3. The predicted molar refractivity (Wildman–Crippen MR) is 244 cm³/mol. The molecule has 0 unspecified atom stereocenters. The summed E-state index contributed by atoms with van der Waals surface area (Å²) >= 11 is 0. The van der Waals surface area contributed by atoms with Crippen molar-refractivity contribution < 1.29 is 33.2 Å². The largest absolute Gasteiger partial charge is 0.497 e. The lowest BCUT2D eigenvalue weighted by Gasteiger charge is -2.22. The lowest BCUT2D eigenvalue weighted by Crippen LogP contribution is -2.28. The number of fused-ring (bicyclic) bond motifs is 2. The van der Waals surface area contributed by atoms with Gasteiger partial charge < -0.3 is 39.4 Å². The van der Waals surface area contributed by atoms with E-state index in [-0.39, 0.29) is 29.0 Å². The highest BCUT2D eigenvalue weighted by Gasteiger charge is 2.23. The Kier molecular flexibility index (Phi) is 13.6. The molecule has 340 valence electrons. The Hall–Kier alpha value is -8.73. The molecule has 0 radical (unpaired) electrons. The van der Waals surface area contributed by atoms with Gasteiger partial charge in [0.15, 0.2) is 0 Å². The number of imidazole rings is 2. The van der Waals surface area contributed by atoms with Crippen LogP contribution in [0.5, 0.6) is 23.0 Å². The van der Waals surface area contributed by atoms with E-state index in [1.165, 1.54) is 26.5 Å². The highest BCUT2D eigenvalue weighted by atomic mass is 19.1. The summed E-state index contributed by atoms with van der Waals surface area (Å²) in [5, 5.41) is 28.9. The zero-order valence-corrected chi connectivity index (χ0v) is 36.7. The van der Waals surface area contributed by atoms with E-state index in [0.29, 0.717) is 46.8 Å². The Morgan fingerprint density at radius 3 is 1.56 bits per heavy atom. The molecule has 0 aliphatic carbocycles. The topological polar surface area (TPSA) is 241 Å². The first-order chi connectivity index (χ1) is 31.8. The molecule has 0 bridgehead atoms. The average Bonchev–Trinajstić information content (AvgIpc) is 3.95. The van der Waals surface area contributed by atoms with Gasteiger partial charge in [0.05, 0.1) is 71.7 Å². The van der Waals surface area contributed by atoms with Crippen molar-refractivity contribution in [1.29, 1.82) is 0 Å². The van der Waals surface area contributed by atoms with Gasteiger partial charge in [-0.2, -0.15) is 14.4 Å². The van der Waals surface area contributed by atoms with E-state index < -0.39 is 21.4 Å². The number of rotatable bonds is 16. The van der Waals surface area contributed by atoms with Crippen LogP contribution in [0.4, 0.5) is 44.7 Å². The summed E-state index contributed by atoms with van der Waals surface area (Å²) in [5.74, 6) is 2.38. The van der Waals surface area contributed by atoms with Crippen molar-refractivity contribution in [1.82, 2.24) is 43.9 Å². The Bertz CT molecular complexity index is 3050. The number of aromatic nitrogens is 8. The molecule has 4 aromatic carbocycles. The van der Waals surface area contributed by atoms with Gasteiger partial charge in [-0.15, -0.1) is 0 Å². The fourth-order valence-corrected chi connectivity index (χ4v) is 6.63. The van der Waals surface area contributed by atoms with E-state index in [1.54, 1.807) is 61.9 Å². The van der Waals surface area contributed by atoms with Crippen LogP contribution in [0.15, 0.2) is 97.8 Å². The molecule has 0 spiro atoms. The highest BCUT2D eigenvalue weighted by Crippen LogP contribution is 2.39. The quantitative estimate of drug-likeness (QED) is 0.0725. The monoisotopic (exact) mass is 902 g/mol. The minimum atomic E-state index is -1.00. The lowest BCUT2D eigenvalue weighted by atomic mass is 10.2. The molecule has 66 heavy (non-hydrogen) atoms. The minimum Gasteiger partial charge on any atom is -0.497 e. The third kappa shape index (κ3) is 9.89. The summed E-state index contributed by atoms with van der Waals surface area (Å²) in [7, 11) is 11.7. The number of nitrogens with zero attached hydrogens (tertiary/aromatic N) is 12. The number of benzene rings is 4. The predicted octanol–water partition coefficient (Wildman–Crippen LogP) is 7.11. The number of ether oxygens (including phenoxy) is 4. The summed E-state index contributed by atoms with van der Waals surface area (Å²) in [6, 6.07) is 19.5. The molecule has 8 aromatic rings. The molecule has 4 heterocycles. The Balaban J connectivity index is 0.000000199. The summed E-state index contributed by atoms with van der Waals surface area (Å²) < 4.78 is 38.6. The summed E-state index contributed by atoms with van der Waals surface area (Å²) in [6.45, 7) is 1.35. The summed E-state index contributed by atoms with van der Waals surface area (Å²) in [4.78, 5) is 51.8. The minimum absolute atomic E-state index is 0.0507. The van der Waals surface area contributed by atoms with Crippen molar-refractivity contribution in [2.45, 2.75) is 0 Å². The van der Waals surface area contributed by atoms with Crippen LogP contribution in [0, 0.1) is 26.0 Å². The van der Waals surface area contributed by atoms with Crippen LogP contribution in [0.25, 0.3) is 33.7 Å². The van der Waals surface area contributed by atoms with E-state index in [4.69, 9.17) is 18.9 Å². The normalized spacial score (nSPS) is 10.9. The summed E-state index contributed by atoms with van der Waals surface area (Å²) in [5.41, 5.74) is 3.38. The Morgan fingerprint density at radius 1 is 0.621 bits per heavy atom. The maximum atomic E-state index is 13.9. The van der Waals surface area contributed by atoms with Gasteiger partial charge in [0.25, 0.3) is 5.69 Å². The van der Waals surface area contributed by atoms with Crippen molar-refractivity contribution in [2.75, 3.05) is 78.2 Å². The third-order valence-electron chi connectivity index (χ3n) is 10.0. The van der Waals surface area contributed by atoms with Crippen molar-refractivity contribution in [3.8, 4) is 34.6 Å². The number of nitro benzene ring substituents is 2. The van der Waals surface area contributed by atoms with Crippen LogP contribution in [-0.2, 0) is 0 Å². The number of halogens is 1. The first-order valence-electron chi connectivity index (χ1n) is 19.8. The number of hydrogen-bond donors (Lipinski definition) is 2. The van der Waals surface area contributed by atoms with Gasteiger partial charge in [0, 0.05) is 68.9 Å². The van der Waals surface area contributed by atoms with E-state index >= 15 is 0 Å². The van der Waals surface area contributed by atoms with E-state index in [9.17, 15) is 24.6 Å². The fourth-order valence-electron chi connectivity index (χ4n) is 6.63. The maximum Gasteiger partial charge on any atom is 0.307 e. The molecular weight excluding hydrogens is 860 g/mol. The molecule has 23 heteroatoms. The van der Waals surface area contributed by atoms with Gasteiger partial charge in [0.1, 0.15) is 53.0 Å². The number of anilines is 5. The van der Waals surface area contributed by atoms with Gasteiger partial charge in [-0.25, -0.2) is 19.9 Å². The van der Waals surface area contributed by atoms with Crippen LogP contribution in [-0.4, -0.2) is 116 Å². The lowest BCUT2D eigenvalue weighted by molar-refractivity contribution is -0.387. The van der Waals surface area contributed by atoms with E-state index in [0.717, 1.165) is 40.7 Å². The number of nitro groups is 2. The molecule has 4 aromatic heterocycles. The smallest absolute Gasteiger partial charge is 0.307 e. The number of methoxy groups -OCH3 is 4. The second kappa shape index (κ2) is 19.8. The third-order valence-corrected chi connectivity index (χ3v) is 10.0. The second-order valence-corrected chi connectivity index (χ2v) is 14.4. The SMILES string of the molecule is COc1ccc2c(c1)ncn2-c1ccnc(Nc2cc([N+](=O)[O-])c(F)cc2OC)n1.COc1ccc2c(c1)ncn2-c1ccnc(Nc2cc([N+](=O)[O-])c(N(C)CCN(C)C)cc2OC)n1. The maximum absolute atomic E-state index is 13.9. The molecule has 0 atom stereocenters. The molecular formula is C43H43FN14O8. The molecule has 0 aliphatic rings. The zero-order chi connectivity index (χ0) is 47.1. The molecule has 0 aliphatic heterocycles. The van der Waals surface area contributed by atoms with Crippen molar-refractivity contribution >= 4 is 62.4 Å². The van der Waals surface area contributed by atoms with Gasteiger partial charge in [-0.3, -0.25) is 29.4 Å². The average molecular weight is 903 g/mol. The van der Waals surface area contributed by atoms with Gasteiger partial charge in [0.2, 0.25) is 17.7 Å². The zero-order valence-electron chi connectivity index (χ0n) is 36.7. The van der Waals surface area contributed by atoms with Crippen molar-refractivity contribution in [3.63, 3.8) is 0 Å². The molecule has 8 rings (SSSR count). The second-order valence-electron chi connectivity index (χ2n) is 14.4. The summed E-state index contributed by atoms with van der Waals surface area (Å²) in [6.07, 6.45) is 6.40. The van der Waals surface area contributed by atoms with Crippen LogP contribution < -0.4 is 34.5 Å². The highest BCUT2D eigenvalue weighted by molar-refractivity contribution is 5.80. The van der Waals surface area contributed by atoms with Crippen molar-refractivity contribution in [3.05, 3.63) is 124 Å². The van der Waals surface area contributed by atoms with E-state index in [1.807, 2.05) is 65.8 Å². The van der Waals surface area contributed by atoms with Crippen molar-refractivity contribution in [2.24, 2.45) is 0 Å². The van der Waals surface area contributed by atoms with Crippen LogP contribution in [0.2, 0.25) is 0 Å². The van der Waals surface area contributed by atoms with Gasteiger partial charge in [-0.1, -0.05) is 0 Å². The fraction of sp³-hybridized carbons (Fsp3) is 0.209. The number of likely N-dealkylation sites (N-methyl/N-ethyl adjacent to an activating group) is 2. The standard InChI is InChI=1S/C24H28N8O4.C19H15FN6O4/c1-29(2)10-11-30(3)20-14-22(36-5)18(13-21(20)32(33)34)27-24-25-9-8-23(28-24)31-15-26-17-12-16(35-4)6-7-19(17)31;1-29-11-3-4-15-13(7-11)22-10-25(15)18-5-6-21-19(24-18)23-14-9-16(26(27)28)12(20)8-17(14)30-2/h6-9,12-15H,10-11H2,1-5H3,(H,25,27,28);3-10H,1-2H3,(H,21,23,24). The molecule has 0 saturated heterocycles. The van der Waals surface area contributed by atoms with Crippen LogP contribution in [0.1, 0.15) is 0 Å². The number of nitrogens with one attached hydrogen (secondary N) is 2. The Morgan fingerprint density at radius 2 is 1.11 bits per heavy atom. The number of hydrogen-bond acceptors (Lipinski definition) is 18. The van der Waals surface area contributed by atoms with Gasteiger partial charge in [-0.05, 0) is 50.5 Å². The molecule has 0 amide bonds. The first-order valence-corrected chi connectivity index (χ1v) is 19.8. The Labute approximate surface area is 375 Å². The van der Waals surface area contributed by atoms with E-state index in [2.05, 4.69) is 40.5 Å². The van der Waals surface area contributed by atoms with Crippen LogP contribution >= 0.6 is 0 Å². The van der Waals surface area contributed by atoms with Gasteiger partial charge >= 0.3 is 5.69 Å². The van der Waals surface area contributed by atoms with Crippen LogP contribution in [0.3, 0.4) is 0 Å².